The van der Waals surface area contributed by atoms with Crippen LogP contribution in [-0.4, -0.2) is 30.6 Å². The van der Waals surface area contributed by atoms with E-state index in [2.05, 4.69) is 16.3 Å². The van der Waals surface area contributed by atoms with Crippen molar-refractivity contribution in [3.05, 3.63) is 24.2 Å². The van der Waals surface area contributed by atoms with Crippen LogP contribution in [-0.2, 0) is 0 Å². The highest BCUT2D eigenvalue weighted by Crippen LogP contribution is 2.26. The number of likely N-dealkylation sites (tertiary alicyclic amines) is 1. The summed E-state index contributed by atoms with van der Waals surface area (Å²) in [7, 11) is 0. The lowest BCUT2D eigenvalue weighted by molar-refractivity contribution is 0.204. The highest BCUT2D eigenvalue weighted by Gasteiger charge is 2.26. The van der Waals surface area contributed by atoms with Crippen molar-refractivity contribution in [3.63, 3.8) is 0 Å². The number of nitrogens with one attached hydrogen (secondary N) is 1. The molecule has 0 amide bonds. The minimum Gasteiger partial charge on any atom is -0.468 e. The fraction of sp³-hybridized carbons (Fsp3) is 0.733. The van der Waals surface area contributed by atoms with Gasteiger partial charge in [0.05, 0.1) is 12.3 Å². The molecule has 1 atom stereocenters. The molecule has 1 saturated carbocycles. The smallest absolute Gasteiger partial charge is 0.122 e. The topological polar surface area (TPSA) is 28.4 Å². The molecule has 18 heavy (non-hydrogen) atoms. The Hall–Kier alpha value is -0.800. The monoisotopic (exact) mass is 248 g/mol. The fourth-order valence-corrected chi connectivity index (χ4v) is 3.35. The molecular formula is C15H24N2O. The van der Waals surface area contributed by atoms with Gasteiger partial charge in [0.2, 0.25) is 0 Å². The molecule has 0 aromatic carbocycles. The third-order valence-corrected chi connectivity index (χ3v) is 4.41. The van der Waals surface area contributed by atoms with E-state index in [1.54, 1.807) is 6.26 Å². The van der Waals surface area contributed by atoms with E-state index in [1.807, 2.05) is 6.07 Å². The Morgan fingerprint density at radius 2 is 2.00 bits per heavy atom. The SMILES string of the molecule is c1coc([C@@H](CNC2CCCC2)N2CCCC2)c1. The largest absolute Gasteiger partial charge is 0.468 e. The van der Waals surface area contributed by atoms with Gasteiger partial charge in [-0.25, -0.2) is 0 Å². The second-order valence-electron chi connectivity index (χ2n) is 5.66. The van der Waals surface area contributed by atoms with Crippen molar-refractivity contribution in [3.8, 4) is 0 Å². The average Bonchev–Trinajstić information content (AvgIpc) is 3.14. The minimum atomic E-state index is 0.433. The van der Waals surface area contributed by atoms with Gasteiger partial charge in [-0.15, -0.1) is 0 Å². The van der Waals surface area contributed by atoms with Gasteiger partial charge in [0, 0.05) is 12.6 Å². The van der Waals surface area contributed by atoms with Crippen LogP contribution >= 0.6 is 0 Å². The van der Waals surface area contributed by atoms with Crippen LogP contribution in [0.25, 0.3) is 0 Å². The molecule has 1 N–H and O–H groups in total. The Morgan fingerprint density at radius 1 is 1.22 bits per heavy atom. The average molecular weight is 248 g/mol. The molecule has 2 aliphatic rings. The normalized spacial score (nSPS) is 23.8. The second kappa shape index (κ2) is 5.89. The Balaban J connectivity index is 1.61. The second-order valence-corrected chi connectivity index (χ2v) is 5.66. The summed E-state index contributed by atoms with van der Waals surface area (Å²) >= 11 is 0. The number of hydrogen-bond donors (Lipinski definition) is 1. The molecule has 0 spiro atoms. The maximum atomic E-state index is 5.64. The first-order valence-corrected chi connectivity index (χ1v) is 7.44. The summed E-state index contributed by atoms with van der Waals surface area (Å²) in [4.78, 5) is 2.57. The first kappa shape index (κ1) is 12.2. The summed E-state index contributed by atoms with van der Waals surface area (Å²) in [5.41, 5.74) is 0. The van der Waals surface area contributed by atoms with Gasteiger partial charge >= 0.3 is 0 Å². The predicted molar refractivity (Wildman–Crippen MR) is 72.5 cm³/mol. The molecule has 1 aromatic heterocycles. The minimum absolute atomic E-state index is 0.433. The van der Waals surface area contributed by atoms with Gasteiger partial charge in [-0.2, -0.15) is 0 Å². The molecule has 3 rings (SSSR count). The molecule has 1 aliphatic carbocycles. The number of furan rings is 1. The summed E-state index contributed by atoms with van der Waals surface area (Å²) in [5.74, 6) is 1.13. The van der Waals surface area contributed by atoms with Crippen LogP contribution in [0.4, 0.5) is 0 Å². The van der Waals surface area contributed by atoms with Crippen LogP contribution < -0.4 is 5.32 Å². The van der Waals surface area contributed by atoms with E-state index in [1.165, 1.54) is 51.6 Å². The summed E-state index contributed by atoms with van der Waals surface area (Å²) in [6.07, 6.45) is 9.96. The maximum Gasteiger partial charge on any atom is 0.122 e. The Morgan fingerprint density at radius 3 is 2.67 bits per heavy atom. The van der Waals surface area contributed by atoms with Gasteiger partial charge < -0.3 is 9.73 Å². The van der Waals surface area contributed by atoms with Crippen molar-refractivity contribution in [1.29, 1.82) is 0 Å². The highest BCUT2D eigenvalue weighted by molar-refractivity contribution is 5.06. The van der Waals surface area contributed by atoms with Crippen LogP contribution in [0.3, 0.4) is 0 Å². The first-order chi connectivity index (χ1) is 8.93. The zero-order valence-corrected chi connectivity index (χ0v) is 11.1. The molecule has 3 nitrogen and oxygen atoms in total. The van der Waals surface area contributed by atoms with Gasteiger partial charge in [-0.05, 0) is 50.9 Å². The van der Waals surface area contributed by atoms with Crippen molar-refractivity contribution >= 4 is 0 Å². The number of hydrogen-bond acceptors (Lipinski definition) is 3. The lowest BCUT2D eigenvalue weighted by Crippen LogP contribution is -2.37. The predicted octanol–water partition coefficient (Wildman–Crippen LogP) is 2.95. The molecule has 2 fully saturated rings. The Labute approximate surface area is 110 Å². The molecule has 1 saturated heterocycles. The van der Waals surface area contributed by atoms with Gasteiger partial charge in [-0.3, -0.25) is 4.90 Å². The number of rotatable bonds is 5. The van der Waals surface area contributed by atoms with Gasteiger partial charge in [0.25, 0.3) is 0 Å². The van der Waals surface area contributed by atoms with Crippen molar-refractivity contribution in [2.75, 3.05) is 19.6 Å². The standard InChI is InChI=1S/C15H24N2O/c1-2-7-13(6-1)16-12-14(15-8-5-11-18-15)17-9-3-4-10-17/h5,8,11,13-14,16H,1-4,6-7,9-10,12H2/t14-/m1/s1. The van der Waals surface area contributed by atoms with Crippen LogP contribution in [0.1, 0.15) is 50.3 Å². The van der Waals surface area contributed by atoms with Crippen molar-refractivity contribution in [2.45, 2.75) is 50.6 Å². The van der Waals surface area contributed by atoms with Crippen molar-refractivity contribution in [2.24, 2.45) is 0 Å². The molecule has 100 valence electrons. The van der Waals surface area contributed by atoms with Crippen LogP contribution in [0.15, 0.2) is 22.8 Å². The summed E-state index contributed by atoms with van der Waals surface area (Å²) < 4.78 is 5.64. The van der Waals surface area contributed by atoms with E-state index in [0.717, 1.165) is 18.3 Å². The van der Waals surface area contributed by atoms with E-state index in [0.29, 0.717) is 6.04 Å². The van der Waals surface area contributed by atoms with Crippen LogP contribution in [0.2, 0.25) is 0 Å². The molecule has 0 unspecified atom stereocenters. The lowest BCUT2D eigenvalue weighted by Gasteiger charge is -2.27. The van der Waals surface area contributed by atoms with E-state index in [-0.39, 0.29) is 0 Å². The molecule has 0 bridgehead atoms. The number of nitrogens with zero attached hydrogens (tertiary/aromatic N) is 1. The first-order valence-electron chi connectivity index (χ1n) is 7.44. The third-order valence-electron chi connectivity index (χ3n) is 4.41. The van der Waals surface area contributed by atoms with Crippen molar-refractivity contribution < 1.29 is 4.42 Å². The maximum absolute atomic E-state index is 5.64. The van der Waals surface area contributed by atoms with E-state index >= 15 is 0 Å². The summed E-state index contributed by atoms with van der Waals surface area (Å²) in [6.45, 7) is 3.48. The van der Waals surface area contributed by atoms with Crippen molar-refractivity contribution in [1.82, 2.24) is 10.2 Å². The van der Waals surface area contributed by atoms with Gasteiger partial charge in [0.15, 0.2) is 0 Å². The molecule has 1 aliphatic heterocycles. The van der Waals surface area contributed by atoms with E-state index < -0.39 is 0 Å². The summed E-state index contributed by atoms with van der Waals surface area (Å²) in [6, 6.07) is 5.31. The van der Waals surface area contributed by atoms with Gasteiger partial charge in [-0.1, -0.05) is 12.8 Å². The molecule has 3 heteroatoms. The van der Waals surface area contributed by atoms with E-state index in [9.17, 15) is 0 Å². The molecule has 1 aromatic rings. The molecule has 2 heterocycles. The Kier molecular flexibility index (Phi) is 4.01. The fourth-order valence-electron chi connectivity index (χ4n) is 3.35. The summed E-state index contributed by atoms with van der Waals surface area (Å²) in [5, 5.41) is 3.75. The molecular weight excluding hydrogens is 224 g/mol. The third kappa shape index (κ3) is 2.78. The van der Waals surface area contributed by atoms with Crippen LogP contribution in [0, 0.1) is 0 Å². The van der Waals surface area contributed by atoms with Crippen LogP contribution in [0.5, 0.6) is 0 Å². The molecule has 0 radical (unpaired) electrons. The highest BCUT2D eigenvalue weighted by atomic mass is 16.3. The zero-order chi connectivity index (χ0) is 12.2. The van der Waals surface area contributed by atoms with Gasteiger partial charge in [0.1, 0.15) is 5.76 Å². The zero-order valence-electron chi connectivity index (χ0n) is 11.1. The lowest BCUT2D eigenvalue weighted by atomic mass is 10.1. The quantitative estimate of drug-likeness (QED) is 0.868. The Bertz CT molecular complexity index is 337. The van der Waals surface area contributed by atoms with E-state index in [4.69, 9.17) is 4.42 Å².